The average Bonchev–Trinajstić information content (AvgIpc) is 2.38. The molecule has 2 aromatic rings. The van der Waals surface area contributed by atoms with E-state index in [1.807, 2.05) is 12.1 Å². The molecule has 0 bridgehead atoms. The maximum atomic E-state index is 11.9. The maximum absolute atomic E-state index is 11.9. The molecule has 9 heteroatoms. The summed E-state index contributed by atoms with van der Waals surface area (Å²) in [6.45, 7) is 0. The molecule has 112 valence electrons. The molecule has 0 radical (unpaired) electrons. The molecule has 3 N–H and O–H groups in total. The molecule has 0 aliphatic rings. The number of hydrogen-bond donors (Lipinski definition) is 2. The fourth-order valence-electron chi connectivity index (χ4n) is 1.45. The maximum Gasteiger partial charge on any atom is 0.237 e. The molecule has 2 rings (SSSR count). The second-order valence-electron chi connectivity index (χ2n) is 4.04. The van der Waals surface area contributed by atoms with Crippen LogP contribution in [0.15, 0.2) is 41.4 Å². The molecule has 1 aromatic heterocycles. The van der Waals surface area contributed by atoms with Crippen molar-refractivity contribution in [3.05, 3.63) is 41.7 Å². The number of nitrogen functional groups attached to an aromatic ring is 1. The molecule has 0 aliphatic heterocycles. The van der Waals surface area contributed by atoms with Crippen LogP contribution in [-0.2, 0) is 10.0 Å². The summed E-state index contributed by atoms with van der Waals surface area (Å²) < 4.78 is 26.1. The van der Waals surface area contributed by atoms with Crippen molar-refractivity contribution in [2.45, 2.75) is 4.90 Å². The van der Waals surface area contributed by atoms with E-state index in [1.54, 1.807) is 12.1 Å². The van der Waals surface area contributed by atoms with Gasteiger partial charge in [0, 0.05) is 22.5 Å². The third-order valence-corrected chi connectivity index (χ3v) is 5.05. The normalized spacial score (nSPS) is 11.3. The lowest BCUT2D eigenvalue weighted by molar-refractivity contribution is 0.602. The van der Waals surface area contributed by atoms with E-state index in [9.17, 15) is 8.42 Å². The lowest BCUT2D eigenvalue weighted by Gasteiger charge is -2.06. The van der Waals surface area contributed by atoms with Gasteiger partial charge in [-0.1, -0.05) is 17.7 Å². The summed E-state index contributed by atoms with van der Waals surface area (Å²) in [5.41, 5.74) is 6.31. The van der Waals surface area contributed by atoms with Gasteiger partial charge in [0.15, 0.2) is 0 Å². The second kappa shape index (κ2) is 6.97. The van der Waals surface area contributed by atoms with Crippen LogP contribution in [0.4, 0.5) is 11.6 Å². The molecule has 1 heterocycles. The first kappa shape index (κ1) is 15.9. The fraction of sp³-hybridized carbons (Fsp3) is 0.167. The predicted molar refractivity (Wildman–Crippen MR) is 86.0 cm³/mol. The summed E-state index contributed by atoms with van der Waals surface area (Å²) in [5, 5.41) is 0.178. The second-order valence-corrected chi connectivity index (χ2v) is 7.44. The van der Waals surface area contributed by atoms with Gasteiger partial charge in [0.1, 0.15) is 5.15 Å². The number of aromatic nitrogens is 2. The summed E-state index contributed by atoms with van der Waals surface area (Å²) >= 11 is 7.08. The molecular weight excluding hydrogens is 332 g/mol. The Morgan fingerprint density at radius 3 is 2.86 bits per heavy atom. The summed E-state index contributed by atoms with van der Waals surface area (Å²) in [4.78, 5) is 8.49. The molecular formula is C12H13ClN4O2S2. The van der Waals surface area contributed by atoms with E-state index in [-0.39, 0.29) is 16.9 Å². The van der Waals surface area contributed by atoms with Crippen molar-refractivity contribution in [2.24, 2.45) is 0 Å². The highest BCUT2D eigenvalue weighted by molar-refractivity contribution is 8.01. The first-order chi connectivity index (χ1) is 9.94. The zero-order valence-electron chi connectivity index (χ0n) is 10.9. The van der Waals surface area contributed by atoms with E-state index >= 15 is 0 Å². The minimum atomic E-state index is -3.52. The first-order valence-corrected chi connectivity index (χ1v) is 8.93. The van der Waals surface area contributed by atoms with Gasteiger partial charge in [-0.2, -0.15) is 0 Å². The summed E-state index contributed by atoms with van der Waals surface area (Å²) in [7, 11) is -3.52. The smallest absolute Gasteiger partial charge is 0.237 e. The quantitative estimate of drug-likeness (QED) is 0.474. The number of anilines is 2. The van der Waals surface area contributed by atoms with Crippen LogP contribution in [0.5, 0.6) is 0 Å². The molecule has 0 atom stereocenters. The summed E-state index contributed by atoms with van der Waals surface area (Å²) in [5.74, 6) is 0.290. The van der Waals surface area contributed by atoms with E-state index in [4.69, 9.17) is 17.3 Å². The van der Waals surface area contributed by atoms with Crippen LogP contribution < -0.4 is 10.5 Å². The van der Waals surface area contributed by atoms with Gasteiger partial charge in [-0.25, -0.2) is 18.4 Å². The number of nitrogens with two attached hydrogens (primary N) is 1. The summed E-state index contributed by atoms with van der Waals surface area (Å²) in [6, 6.07) is 8.74. The lowest BCUT2D eigenvalue weighted by atomic mass is 10.3. The number of thioether (sulfide) groups is 1. The molecule has 0 amide bonds. The Bertz CT molecular complexity index is 725. The Labute approximate surface area is 132 Å². The largest absolute Gasteiger partial charge is 0.399 e. The van der Waals surface area contributed by atoms with Gasteiger partial charge >= 0.3 is 0 Å². The highest BCUT2D eigenvalue weighted by atomic mass is 35.5. The van der Waals surface area contributed by atoms with E-state index in [1.165, 1.54) is 24.0 Å². The van der Waals surface area contributed by atoms with Crippen molar-refractivity contribution in [3.63, 3.8) is 0 Å². The van der Waals surface area contributed by atoms with Gasteiger partial charge in [0.25, 0.3) is 0 Å². The minimum Gasteiger partial charge on any atom is -0.399 e. The highest BCUT2D eigenvalue weighted by Crippen LogP contribution is 2.20. The van der Waals surface area contributed by atoms with Crippen LogP contribution in [0, 0.1) is 0 Å². The zero-order valence-corrected chi connectivity index (χ0v) is 13.2. The molecule has 0 unspecified atom stereocenters. The Hall–Kier alpha value is -1.51. The van der Waals surface area contributed by atoms with E-state index in [0.717, 1.165) is 4.90 Å². The third-order valence-electron chi connectivity index (χ3n) is 2.35. The monoisotopic (exact) mass is 344 g/mol. The number of nitrogens with one attached hydrogen (secondary N) is 1. The fourth-order valence-corrected chi connectivity index (χ4v) is 3.91. The van der Waals surface area contributed by atoms with E-state index in [2.05, 4.69) is 14.7 Å². The van der Waals surface area contributed by atoms with Crippen LogP contribution in [0.3, 0.4) is 0 Å². The third kappa shape index (κ3) is 5.41. The van der Waals surface area contributed by atoms with Crippen molar-refractivity contribution in [3.8, 4) is 0 Å². The minimum absolute atomic E-state index is 0.0311. The standard InChI is InChI=1S/C12H13ClN4O2S2/c13-11-4-5-15-12(16-11)17-21(18,19)7-6-20-10-3-1-2-9(14)8-10/h1-5,8H,6-7,14H2,(H,15,16,17). The van der Waals surface area contributed by atoms with Gasteiger partial charge in [0.2, 0.25) is 16.0 Å². The van der Waals surface area contributed by atoms with Crippen LogP contribution in [0.1, 0.15) is 0 Å². The average molecular weight is 345 g/mol. The Balaban J connectivity index is 1.90. The van der Waals surface area contributed by atoms with Crippen LogP contribution >= 0.6 is 23.4 Å². The van der Waals surface area contributed by atoms with E-state index in [0.29, 0.717) is 11.4 Å². The van der Waals surface area contributed by atoms with Crippen LogP contribution in [0.25, 0.3) is 0 Å². The molecule has 21 heavy (non-hydrogen) atoms. The Morgan fingerprint density at radius 2 is 2.14 bits per heavy atom. The Morgan fingerprint density at radius 1 is 1.33 bits per heavy atom. The number of benzene rings is 1. The highest BCUT2D eigenvalue weighted by Gasteiger charge is 2.12. The molecule has 0 aliphatic carbocycles. The lowest BCUT2D eigenvalue weighted by Crippen LogP contribution is -2.19. The van der Waals surface area contributed by atoms with Crippen molar-refractivity contribution in [1.29, 1.82) is 0 Å². The molecule has 0 saturated heterocycles. The van der Waals surface area contributed by atoms with Crippen molar-refractivity contribution in [1.82, 2.24) is 9.97 Å². The van der Waals surface area contributed by atoms with E-state index < -0.39 is 10.0 Å². The predicted octanol–water partition coefficient (Wildman–Crippen LogP) is 2.25. The van der Waals surface area contributed by atoms with Crippen molar-refractivity contribution >= 4 is 45.0 Å². The topological polar surface area (TPSA) is 98.0 Å². The number of nitrogens with zero attached hydrogens (tertiary/aromatic N) is 2. The zero-order chi connectivity index (χ0) is 15.3. The van der Waals surface area contributed by atoms with Gasteiger partial charge in [-0.3, -0.25) is 4.72 Å². The number of rotatable bonds is 6. The molecule has 0 saturated carbocycles. The SMILES string of the molecule is Nc1cccc(SCCS(=O)(=O)Nc2nccc(Cl)n2)c1. The molecule has 0 fully saturated rings. The number of halogens is 1. The number of sulfonamides is 1. The van der Waals surface area contributed by atoms with Gasteiger partial charge in [0.05, 0.1) is 5.75 Å². The molecule has 6 nitrogen and oxygen atoms in total. The van der Waals surface area contributed by atoms with Crippen LogP contribution in [0.2, 0.25) is 5.15 Å². The van der Waals surface area contributed by atoms with Crippen molar-refractivity contribution < 1.29 is 8.42 Å². The summed E-state index contributed by atoms with van der Waals surface area (Å²) in [6.07, 6.45) is 1.38. The van der Waals surface area contributed by atoms with Gasteiger partial charge in [-0.15, -0.1) is 11.8 Å². The van der Waals surface area contributed by atoms with Crippen LogP contribution in [-0.4, -0.2) is 29.9 Å². The number of hydrogen-bond acceptors (Lipinski definition) is 6. The Kier molecular flexibility index (Phi) is 5.27. The molecule has 0 spiro atoms. The van der Waals surface area contributed by atoms with Gasteiger partial charge < -0.3 is 5.73 Å². The molecule has 1 aromatic carbocycles. The van der Waals surface area contributed by atoms with Gasteiger partial charge in [-0.05, 0) is 24.3 Å². The first-order valence-electron chi connectivity index (χ1n) is 5.92. The van der Waals surface area contributed by atoms with Crippen molar-refractivity contribution in [2.75, 3.05) is 22.0 Å².